The quantitative estimate of drug-likeness (QED) is 0.482. The number of nitrogens with zero attached hydrogens (tertiary/aromatic N) is 3. The molecule has 10 heteroatoms. The molecule has 2 aromatic heterocycles. The minimum Gasteiger partial charge on any atom is -0.417 e. The van der Waals surface area contributed by atoms with Crippen molar-refractivity contribution in [3.8, 4) is 11.1 Å². The molecule has 0 saturated heterocycles. The van der Waals surface area contributed by atoms with Gasteiger partial charge in [0, 0.05) is 0 Å². The molecule has 0 saturated carbocycles. The second-order valence-corrected chi connectivity index (χ2v) is 8.85. The molecule has 4 rings (SSSR count). The number of carbonyl (C=O) groups excluding carboxylic acids is 1. The standard InChI is InChI=1S/C18H14N4O4S2/c1-28(24,25)19-10-15-21-22-17(26-15)16(23)18-20-13-8-7-12(9-14(13)27-18)11-5-3-2-4-6-11/h2-9,19H,10H2,1H3. The number of benzene rings is 2. The summed E-state index contributed by atoms with van der Waals surface area (Å²) in [5.41, 5.74) is 2.81. The molecule has 28 heavy (non-hydrogen) atoms. The lowest BCUT2D eigenvalue weighted by atomic mass is 10.1. The lowest BCUT2D eigenvalue weighted by Gasteiger charge is -2.00. The Labute approximate surface area is 164 Å². The van der Waals surface area contributed by atoms with Gasteiger partial charge >= 0.3 is 0 Å². The van der Waals surface area contributed by atoms with Crippen LogP contribution in [0, 0.1) is 0 Å². The fourth-order valence-electron chi connectivity index (χ4n) is 2.53. The van der Waals surface area contributed by atoms with Gasteiger partial charge in [-0.25, -0.2) is 18.1 Å². The number of nitrogens with one attached hydrogen (secondary N) is 1. The van der Waals surface area contributed by atoms with E-state index < -0.39 is 15.8 Å². The highest BCUT2D eigenvalue weighted by Crippen LogP contribution is 2.29. The predicted molar refractivity (Wildman–Crippen MR) is 104 cm³/mol. The zero-order valence-corrected chi connectivity index (χ0v) is 16.3. The van der Waals surface area contributed by atoms with E-state index in [0.717, 1.165) is 22.1 Å². The average molecular weight is 414 g/mol. The molecule has 0 fully saturated rings. The minimum absolute atomic E-state index is 0.00116. The number of fused-ring (bicyclic) bond motifs is 1. The number of aromatic nitrogens is 3. The summed E-state index contributed by atoms with van der Waals surface area (Å²) in [6, 6.07) is 15.7. The average Bonchev–Trinajstić information content (AvgIpc) is 3.32. The summed E-state index contributed by atoms with van der Waals surface area (Å²) in [5.74, 6) is -0.727. The zero-order valence-electron chi connectivity index (χ0n) is 14.6. The van der Waals surface area contributed by atoms with Crippen molar-refractivity contribution in [1.29, 1.82) is 0 Å². The van der Waals surface area contributed by atoms with E-state index in [0.29, 0.717) is 5.52 Å². The molecule has 0 aliphatic carbocycles. The number of sulfonamides is 1. The van der Waals surface area contributed by atoms with Crippen molar-refractivity contribution in [3.63, 3.8) is 0 Å². The molecular formula is C18H14N4O4S2. The summed E-state index contributed by atoms with van der Waals surface area (Å²) in [6.07, 6.45) is 1.01. The van der Waals surface area contributed by atoms with Crippen molar-refractivity contribution in [2.75, 3.05) is 6.26 Å². The van der Waals surface area contributed by atoms with Crippen molar-refractivity contribution in [2.45, 2.75) is 6.54 Å². The molecule has 0 radical (unpaired) electrons. The van der Waals surface area contributed by atoms with Crippen LogP contribution < -0.4 is 4.72 Å². The number of ketones is 1. The lowest BCUT2D eigenvalue weighted by Crippen LogP contribution is -2.21. The van der Waals surface area contributed by atoms with Gasteiger partial charge in [-0.3, -0.25) is 4.79 Å². The molecule has 0 spiro atoms. The van der Waals surface area contributed by atoms with Crippen molar-refractivity contribution < 1.29 is 17.6 Å². The van der Waals surface area contributed by atoms with Crippen LogP contribution >= 0.6 is 11.3 Å². The van der Waals surface area contributed by atoms with E-state index >= 15 is 0 Å². The minimum atomic E-state index is -3.40. The number of thiazole rings is 1. The van der Waals surface area contributed by atoms with Crippen molar-refractivity contribution >= 4 is 37.4 Å². The van der Waals surface area contributed by atoms with Crippen LogP contribution in [0.2, 0.25) is 0 Å². The van der Waals surface area contributed by atoms with E-state index in [4.69, 9.17) is 4.42 Å². The molecular weight excluding hydrogens is 400 g/mol. The second-order valence-electron chi connectivity index (χ2n) is 5.99. The first-order chi connectivity index (χ1) is 13.4. The Hall–Kier alpha value is -2.95. The summed E-state index contributed by atoms with van der Waals surface area (Å²) in [7, 11) is -3.40. The molecule has 0 bridgehead atoms. The highest BCUT2D eigenvalue weighted by Gasteiger charge is 2.21. The van der Waals surface area contributed by atoms with Gasteiger partial charge in [0.25, 0.3) is 11.7 Å². The van der Waals surface area contributed by atoms with Gasteiger partial charge in [0.1, 0.15) is 0 Å². The zero-order chi connectivity index (χ0) is 19.7. The van der Waals surface area contributed by atoms with Gasteiger partial charge in [0.2, 0.25) is 15.9 Å². The molecule has 2 heterocycles. The van der Waals surface area contributed by atoms with Crippen molar-refractivity contribution in [2.24, 2.45) is 0 Å². The summed E-state index contributed by atoms with van der Waals surface area (Å²) in [5, 5.41) is 7.61. The largest absolute Gasteiger partial charge is 0.417 e. The van der Waals surface area contributed by atoms with Crippen molar-refractivity contribution in [1.82, 2.24) is 19.9 Å². The third kappa shape index (κ3) is 3.98. The highest BCUT2D eigenvalue weighted by atomic mass is 32.2. The van der Waals surface area contributed by atoms with E-state index in [1.807, 2.05) is 48.5 Å². The number of hydrogen-bond donors (Lipinski definition) is 1. The topological polar surface area (TPSA) is 115 Å². The van der Waals surface area contributed by atoms with Crippen LogP contribution in [0.3, 0.4) is 0 Å². The fourth-order valence-corrected chi connectivity index (χ4v) is 3.86. The Morgan fingerprint density at radius 1 is 1.11 bits per heavy atom. The molecule has 142 valence electrons. The molecule has 1 N–H and O–H groups in total. The van der Waals surface area contributed by atoms with Gasteiger partial charge in [-0.15, -0.1) is 21.5 Å². The fraction of sp³-hybridized carbons (Fsp3) is 0.111. The van der Waals surface area contributed by atoms with Gasteiger partial charge in [-0.2, -0.15) is 0 Å². The smallest absolute Gasteiger partial charge is 0.291 e. The maximum atomic E-state index is 12.6. The normalized spacial score (nSPS) is 11.8. The Balaban J connectivity index is 1.59. The van der Waals surface area contributed by atoms with E-state index in [1.165, 1.54) is 11.3 Å². The van der Waals surface area contributed by atoms with Crippen LogP contribution in [0.1, 0.15) is 21.6 Å². The van der Waals surface area contributed by atoms with Crippen LogP contribution in [0.5, 0.6) is 0 Å². The summed E-state index contributed by atoms with van der Waals surface area (Å²) >= 11 is 1.24. The number of hydrogen-bond acceptors (Lipinski definition) is 8. The van der Waals surface area contributed by atoms with Gasteiger partial charge in [0.15, 0.2) is 5.01 Å². The third-order valence-electron chi connectivity index (χ3n) is 3.84. The van der Waals surface area contributed by atoms with E-state index in [-0.39, 0.29) is 23.3 Å². The van der Waals surface area contributed by atoms with Gasteiger partial charge < -0.3 is 4.42 Å². The summed E-state index contributed by atoms with van der Waals surface area (Å²) < 4.78 is 30.6. The molecule has 0 unspecified atom stereocenters. The number of rotatable bonds is 6. The Bertz CT molecular complexity index is 1260. The van der Waals surface area contributed by atoms with E-state index in [1.54, 1.807) is 0 Å². The molecule has 8 nitrogen and oxygen atoms in total. The predicted octanol–water partition coefficient (Wildman–Crippen LogP) is 2.63. The molecule has 0 atom stereocenters. The molecule has 0 aliphatic heterocycles. The molecule has 4 aromatic rings. The maximum absolute atomic E-state index is 12.6. The first-order valence-corrected chi connectivity index (χ1v) is 10.9. The molecule has 0 amide bonds. The maximum Gasteiger partial charge on any atom is 0.291 e. The summed E-state index contributed by atoms with van der Waals surface area (Å²) in [6.45, 7) is -0.181. The first kappa shape index (κ1) is 18.4. The van der Waals surface area contributed by atoms with E-state index in [2.05, 4.69) is 19.9 Å². The van der Waals surface area contributed by atoms with E-state index in [9.17, 15) is 13.2 Å². The van der Waals surface area contributed by atoms with Crippen LogP contribution in [0.25, 0.3) is 21.3 Å². The van der Waals surface area contributed by atoms with Crippen LogP contribution in [0.4, 0.5) is 0 Å². The van der Waals surface area contributed by atoms with Crippen LogP contribution in [-0.2, 0) is 16.6 Å². The lowest BCUT2D eigenvalue weighted by molar-refractivity contribution is 0.100. The van der Waals surface area contributed by atoms with Gasteiger partial charge in [-0.1, -0.05) is 36.4 Å². The van der Waals surface area contributed by atoms with Crippen LogP contribution in [-0.4, -0.2) is 35.6 Å². The van der Waals surface area contributed by atoms with Crippen LogP contribution in [0.15, 0.2) is 52.9 Å². The van der Waals surface area contributed by atoms with Gasteiger partial charge in [-0.05, 0) is 23.3 Å². The highest BCUT2D eigenvalue weighted by molar-refractivity contribution is 7.88. The second kappa shape index (κ2) is 7.23. The Morgan fingerprint density at radius 3 is 2.64 bits per heavy atom. The SMILES string of the molecule is CS(=O)(=O)NCc1nnc(C(=O)c2nc3ccc(-c4ccccc4)cc3s2)o1. The monoisotopic (exact) mass is 414 g/mol. The Morgan fingerprint density at radius 2 is 1.89 bits per heavy atom. The third-order valence-corrected chi connectivity index (χ3v) is 5.52. The molecule has 0 aliphatic rings. The Kier molecular flexibility index (Phi) is 4.75. The van der Waals surface area contributed by atoms with Crippen molar-refractivity contribution in [3.05, 3.63) is 65.3 Å². The first-order valence-electron chi connectivity index (χ1n) is 8.17. The summed E-state index contributed by atoms with van der Waals surface area (Å²) in [4.78, 5) is 16.9. The number of carbonyl (C=O) groups is 1. The molecule has 2 aromatic carbocycles. The van der Waals surface area contributed by atoms with Gasteiger partial charge in [0.05, 0.1) is 23.0 Å².